The van der Waals surface area contributed by atoms with Crippen LogP contribution >= 0.6 is 0 Å². The first-order valence-electron chi connectivity index (χ1n) is 12.6. The first-order valence-corrected chi connectivity index (χ1v) is 12.6. The van der Waals surface area contributed by atoms with Gasteiger partial charge in [0.2, 0.25) is 5.88 Å². The van der Waals surface area contributed by atoms with Crippen LogP contribution in [0.5, 0.6) is 5.88 Å². The maximum Gasteiger partial charge on any atom is 0.274 e. The standard InChI is InChI=1S/C25H32F3N5O3/c1-36-22-10-18(19(26)13-30-22)20-11-21(32-31-20)23(34)33-16-2-3-17(33)9-14(8-16)12-29-15-4-6-25(35,7-5-15)24(27)28/h10-11,13-17,24,29,35H,2-9,12H2,1H3,(H,31,32)/t14?,15-,16-,17?,25-/m1/s1. The second kappa shape index (κ2) is 10.0. The molecule has 8 nitrogen and oxygen atoms in total. The van der Waals surface area contributed by atoms with Gasteiger partial charge in [-0.05, 0) is 69.9 Å². The highest BCUT2D eigenvalue weighted by atomic mass is 19.3. The van der Waals surface area contributed by atoms with Crippen molar-refractivity contribution in [3.05, 3.63) is 29.8 Å². The number of nitrogens with zero attached hydrogens (tertiary/aromatic N) is 3. The Labute approximate surface area is 207 Å². The summed E-state index contributed by atoms with van der Waals surface area (Å²) in [6.07, 6.45) is 3.29. The molecule has 0 radical (unpaired) electrons. The Bertz CT molecular complexity index is 1070. The van der Waals surface area contributed by atoms with Gasteiger partial charge in [0.1, 0.15) is 5.60 Å². The SMILES string of the molecule is COc1cc(-c2cc(C(=O)N3C4CC[C@@H]3CC(CN[C@H]3CC[C@@](O)(C(F)F)CC3)C4)n[nH]2)c(F)cn1. The number of methoxy groups -OCH3 is 1. The molecule has 0 aromatic carbocycles. The number of halogens is 3. The number of alkyl halides is 2. The predicted octanol–water partition coefficient (Wildman–Crippen LogP) is 3.53. The average Bonchev–Trinajstić information content (AvgIpc) is 3.46. The molecule has 2 aromatic heterocycles. The van der Waals surface area contributed by atoms with Crippen LogP contribution in [-0.4, -0.2) is 74.9 Å². The van der Waals surface area contributed by atoms with E-state index in [4.69, 9.17) is 4.74 Å². The van der Waals surface area contributed by atoms with E-state index in [1.165, 1.54) is 13.2 Å². The molecule has 1 amide bonds. The third kappa shape index (κ3) is 4.82. The minimum absolute atomic E-state index is 0.113. The normalized spacial score (nSPS) is 30.1. The number of carbonyl (C=O) groups is 1. The molecule has 36 heavy (non-hydrogen) atoms. The number of aromatic amines is 1. The highest BCUT2D eigenvalue weighted by molar-refractivity contribution is 5.94. The van der Waals surface area contributed by atoms with Crippen molar-refractivity contribution in [2.24, 2.45) is 5.92 Å². The maximum absolute atomic E-state index is 14.3. The van der Waals surface area contributed by atoms with Gasteiger partial charge in [-0.15, -0.1) is 0 Å². The summed E-state index contributed by atoms with van der Waals surface area (Å²) in [7, 11) is 1.45. The lowest BCUT2D eigenvalue weighted by molar-refractivity contribution is -0.119. The molecule has 1 saturated carbocycles. The maximum atomic E-state index is 14.3. The molecule has 196 valence electrons. The molecule has 2 aromatic rings. The lowest BCUT2D eigenvalue weighted by Gasteiger charge is -2.40. The van der Waals surface area contributed by atoms with Gasteiger partial charge in [-0.25, -0.2) is 18.2 Å². The molecule has 5 rings (SSSR count). The summed E-state index contributed by atoms with van der Waals surface area (Å²) in [5.41, 5.74) is -0.975. The molecule has 2 saturated heterocycles. The first-order chi connectivity index (χ1) is 17.3. The van der Waals surface area contributed by atoms with Gasteiger partial charge in [-0.2, -0.15) is 5.10 Å². The summed E-state index contributed by atoms with van der Waals surface area (Å²) in [6, 6.07) is 3.40. The number of ether oxygens (including phenoxy) is 1. The lowest BCUT2D eigenvalue weighted by atomic mass is 9.82. The third-order valence-electron chi connectivity index (χ3n) is 8.14. The Morgan fingerprint density at radius 1 is 1.25 bits per heavy atom. The zero-order chi connectivity index (χ0) is 25.4. The van der Waals surface area contributed by atoms with Crippen molar-refractivity contribution in [2.45, 2.75) is 81.5 Å². The highest BCUT2D eigenvalue weighted by Crippen LogP contribution is 2.40. The predicted molar refractivity (Wildman–Crippen MR) is 125 cm³/mol. The Morgan fingerprint density at radius 3 is 2.58 bits per heavy atom. The van der Waals surface area contributed by atoms with Crippen LogP contribution in [0.3, 0.4) is 0 Å². The molecule has 11 heteroatoms. The zero-order valence-corrected chi connectivity index (χ0v) is 20.2. The first kappa shape index (κ1) is 25.0. The van der Waals surface area contributed by atoms with Gasteiger partial charge in [-0.3, -0.25) is 9.89 Å². The summed E-state index contributed by atoms with van der Waals surface area (Å²) in [4.78, 5) is 19.1. The largest absolute Gasteiger partial charge is 0.481 e. The van der Waals surface area contributed by atoms with E-state index in [0.717, 1.165) is 38.4 Å². The number of aliphatic hydroxyl groups is 1. The fourth-order valence-corrected chi connectivity index (χ4v) is 6.10. The van der Waals surface area contributed by atoms with Crippen LogP contribution in [0, 0.1) is 11.7 Å². The zero-order valence-electron chi connectivity index (χ0n) is 20.2. The molecule has 2 bridgehead atoms. The molecule has 2 aliphatic heterocycles. The molecule has 3 N–H and O–H groups in total. The molecule has 3 aliphatic rings. The van der Waals surface area contributed by atoms with E-state index in [1.807, 2.05) is 4.90 Å². The summed E-state index contributed by atoms with van der Waals surface area (Å²) in [5, 5.41) is 20.4. The Hall–Kier alpha value is -2.66. The monoisotopic (exact) mass is 507 g/mol. The number of piperidine rings is 1. The van der Waals surface area contributed by atoms with Crippen molar-refractivity contribution in [1.29, 1.82) is 0 Å². The molecular weight excluding hydrogens is 475 g/mol. The fraction of sp³-hybridized carbons (Fsp3) is 0.640. The van der Waals surface area contributed by atoms with Crippen molar-refractivity contribution in [3.8, 4) is 17.1 Å². The fourth-order valence-electron chi connectivity index (χ4n) is 6.10. The minimum Gasteiger partial charge on any atom is -0.481 e. The number of amides is 1. The molecule has 3 atom stereocenters. The molecule has 1 aliphatic carbocycles. The molecule has 2 unspecified atom stereocenters. The summed E-state index contributed by atoms with van der Waals surface area (Å²) < 4.78 is 45.4. The quantitative estimate of drug-likeness (QED) is 0.530. The van der Waals surface area contributed by atoms with Gasteiger partial charge in [-0.1, -0.05) is 0 Å². The lowest BCUT2D eigenvalue weighted by Crippen LogP contribution is -2.50. The van der Waals surface area contributed by atoms with E-state index in [9.17, 15) is 23.1 Å². The van der Waals surface area contributed by atoms with E-state index in [-0.39, 0.29) is 54.0 Å². The van der Waals surface area contributed by atoms with E-state index < -0.39 is 17.8 Å². The van der Waals surface area contributed by atoms with Gasteiger partial charge in [0.25, 0.3) is 12.3 Å². The number of hydrogen-bond donors (Lipinski definition) is 3. The van der Waals surface area contributed by atoms with Crippen molar-refractivity contribution < 1.29 is 27.8 Å². The summed E-state index contributed by atoms with van der Waals surface area (Å²) in [6.45, 7) is 0.780. The number of rotatable bonds is 7. The molecule has 0 spiro atoms. The van der Waals surface area contributed by atoms with Crippen LogP contribution < -0.4 is 10.1 Å². The second-order valence-corrected chi connectivity index (χ2v) is 10.4. The Balaban J connectivity index is 1.18. The number of nitrogens with one attached hydrogen (secondary N) is 2. The molecular formula is C25H32F3N5O3. The van der Waals surface area contributed by atoms with E-state index >= 15 is 0 Å². The third-order valence-corrected chi connectivity index (χ3v) is 8.14. The van der Waals surface area contributed by atoms with Crippen LogP contribution in [0.25, 0.3) is 11.3 Å². The van der Waals surface area contributed by atoms with Crippen LogP contribution in [0.4, 0.5) is 13.2 Å². The van der Waals surface area contributed by atoms with Gasteiger partial charge in [0.05, 0.1) is 19.0 Å². The van der Waals surface area contributed by atoms with E-state index in [2.05, 4.69) is 20.5 Å². The number of hydrogen-bond acceptors (Lipinski definition) is 6. The summed E-state index contributed by atoms with van der Waals surface area (Å²) >= 11 is 0. The van der Waals surface area contributed by atoms with Crippen LogP contribution in [-0.2, 0) is 0 Å². The topological polar surface area (TPSA) is 103 Å². The molecule has 4 heterocycles. The van der Waals surface area contributed by atoms with Crippen LogP contribution in [0.2, 0.25) is 0 Å². The Morgan fingerprint density at radius 2 is 1.94 bits per heavy atom. The van der Waals surface area contributed by atoms with E-state index in [0.29, 0.717) is 24.5 Å². The number of fused-ring (bicyclic) bond motifs is 2. The van der Waals surface area contributed by atoms with Gasteiger partial charge in [0.15, 0.2) is 11.5 Å². The second-order valence-electron chi connectivity index (χ2n) is 10.4. The average molecular weight is 508 g/mol. The Kier molecular flexibility index (Phi) is 6.95. The van der Waals surface area contributed by atoms with Gasteiger partial charge < -0.3 is 20.1 Å². The van der Waals surface area contributed by atoms with E-state index in [1.54, 1.807) is 6.07 Å². The summed E-state index contributed by atoms with van der Waals surface area (Å²) in [5.74, 6) is -0.0313. The van der Waals surface area contributed by atoms with Crippen LogP contribution in [0.15, 0.2) is 18.3 Å². The number of aromatic nitrogens is 3. The van der Waals surface area contributed by atoms with Crippen molar-refractivity contribution in [1.82, 2.24) is 25.4 Å². The highest BCUT2D eigenvalue weighted by Gasteiger charge is 2.45. The smallest absolute Gasteiger partial charge is 0.274 e. The van der Waals surface area contributed by atoms with Crippen molar-refractivity contribution >= 4 is 5.91 Å². The van der Waals surface area contributed by atoms with Gasteiger partial charge in [0, 0.05) is 29.8 Å². The molecule has 3 fully saturated rings. The van der Waals surface area contributed by atoms with Crippen molar-refractivity contribution in [2.75, 3.05) is 13.7 Å². The van der Waals surface area contributed by atoms with Crippen molar-refractivity contribution in [3.63, 3.8) is 0 Å². The van der Waals surface area contributed by atoms with Gasteiger partial charge >= 0.3 is 0 Å². The number of carbonyl (C=O) groups excluding carboxylic acids is 1. The number of H-pyrrole nitrogens is 1. The van der Waals surface area contributed by atoms with Crippen LogP contribution in [0.1, 0.15) is 61.9 Å². The number of pyridine rings is 1. The minimum atomic E-state index is -2.70.